The lowest BCUT2D eigenvalue weighted by Crippen LogP contribution is -2.36. The summed E-state index contributed by atoms with van der Waals surface area (Å²) in [4.78, 5) is 0.981. The number of nitrogens with zero attached hydrogens (tertiary/aromatic N) is 2. The fourth-order valence-electron chi connectivity index (χ4n) is 2.41. The Balaban J connectivity index is 1.59. The van der Waals surface area contributed by atoms with E-state index < -0.39 is 5.60 Å². The molecule has 2 heterocycles. The molecule has 20 heavy (non-hydrogen) atoms. The number of aliphatic hydroxyl groups is 1. The molecule has 0 saturated heterocycles. The van der Waals surface area contributed by atoms with Gasteiger partial charge in [-0.1, -0.05) is 24.8 Å². The van der Waals surface area contributed by atoms with Gasteiger partial charge >= 0.3 is 0 Å². The Morgan fingerprint density at radius 1 is 1.45 bits per heavy atom. The van der Waals surface area contributed by atoms with E-state index >= 15 is 0 Å². The van der Waals surface area contributed by atoms with Crippen LogP contribution in [0.15, 0.2) is 27.2 Å². The van der Waals surface area contributed by atoms with E-state index in [1.54, 1.807) is 11.3 Å². The third kappa shape index (κ3) is 3.24. The molecule has 0 amide bonds. The lowest BCUT2D eigenvalue weighted by molar-refractivity contribution is 0.0149. The summed E-state index contributed by atoms with van der Waals surface area (Å²) in [6, 6.07) is 3.92. The second-order valence-electron chi connectivity index (χ2n) is 5.55. The van der Waals surface area contributed by atoms with Gasteiger partial charge in [0, 0.05) is 5.75 Å². The van der Waals surface area contributed by atoms with Gasteiger partial charge in [0.1, 0.15) is 0 Å². The molecule has 1 aliphatic rings. The molecule has 3 rings (SSSR count). The largest absolute Gasteiger partial charge is 0.410 e. The van der Waals surface area contributed by atoms with Crippen molar-refractivity contribution in [1.82, 2.24) is 10.2 Å². The Hall–Kier alpha value is -0.850. The van der Waals surface area contributed by atoms with Crippen LogP contribution in [0.2, 0.25) is 0 Å². The molecule has 2 aromatic rings. The topological polar surface area (TPSA) is 59.2 Å². The average molecular weight is 310 g/mol. The Morgan fingerprint density at radius 3 is 2.95 bits per heavy atom. The Bertz CT molecular complexity index is 545. The molecule has 4 nitrogen and oxygen atoms in total. The summed E-state index contributed by atoms with van der Waals surface area (Å²) >= 11 is 3.04. The van der Waals surface area contributed by atoms with Crippen LogP contribution in [0.5, 0.6) is 0 Å². The summed E-state index contributed by atoms with van der Waals surface area (Å²) in [6.45, 7) is 2.25. The van der Waals surface area contributed by atoms with Crippen LogP contribution < -0.4 is 0 Å². The van der Waals surface area contributed by atoms with Gasteiger partial charge in [-0.3, -0.25) is 0 Å². The van der Waals surface area contributed by atoms with E-state index in [0.29, 0.717) is 16.9 Å². The highest BCUT2D eigenvalue weighted by Crippen LogP contribution is 2.36. The maximum absolute atomic E-state index is 10.5. The third-order valence-corrected chi connectivity index (χ3v) is 5.76. The molecule has 0 aromatic carbocycles. The van der Waals surface area contributed by atoms with Crippen molar-refractivity contribution >= 4 is 23.1 Å². The summed E-state index contributed by atoms with van der Waals surface area (Å²) in [7, 11) is 0. The van der Waals surface area contributed by atoms with Crippen LogP contribution in [0.3, 0.4) is 0 Å². The van der Waals surface area contributed by atoms with Crippen molar-refractivity contribution in [2.24, 2.45) is 5.92 Å². The first-order valence-corrected chi connectivity index (χ1v) is 8.74. The van der Waals surface area contributed by atoms with Crippen molar-refractivity contribution in [3.63, 3.8) is 0 Å². The number of aromatic nitrogens is 2. The first-order valence-electron chi connectivity index (χ1n) is 6.87. The Morgan fingerprint density at radius 2 is 2.25 bits per heavy atom. The van der Waals surface area contributed by atoms with Gasteiger partial charge in [-0.2, -0.15) is 0 Å². The molecule has 6 heteroatoms. The summed E-state index contributed by atoms with van der Waals surface area (Å²) in [6.07, 6.45) is 3.93. The van der Waals surface area contributed by atoms with Gasteiger partial charge in [0.15, 0.2) is 0 Å². The van der Waals surface area contributed by atoms with E-state index in [4.69, 9.17) is 4.42 Å². The summed E-state index contributed by atoms with van der Waals surface area (Å²) in [5.41, 5.74) is -0.575. The van der Waals surface area contributed by atoms with Crippen LogP contribution in [0, 0.1) is 5.92 Å². The van der Waals surface area contributed by atoms with Gasteiger partial charge in [-0.05, 0) is 43.0 Å². The van der Waals surface area contributed by atoms with Crippen molar-refractivity contribution in [1.29, 1.82) is 0 Å². The van der Waals surface area contributed by atoms with Gasteiger partial charge in [0.25, 0.3) is 11.1 Å². The Labute approximate surface area is 126 Å². The van der Waals surface area contributed by atoms with Gasteiger partial charge in [0.2, 0.25) is 0 Å². The zero-order valence-electron chi connectivity index (χ0n) is 11.4. The monoisotopic (exact) mass is 310 g/mol. The predicted molar refractivity (Wildman–Crippen MR) is 80.9 cm³/mol. The van der Waals surface area contributed by atoms with E-state index in [9.17, 15) is 5.11 Å². The first kappa shape index (κ1) is 14.1. The molecule has 1 saturated carbocycles. The van der Waals surface area contributed by atoms with E-state index in [1.807, 2.05) is 17.5 Å². The van der Waals surface area contributed by atoms with Crippen LogP contribution >= 0.6 is 23.1 Å². The molecular formula is C14H18N2O2S2. The van der Waals surface area contributed by atoms with E-state index in [2.05, 4.69) is 17.1 Å². The van der Waals surface area contributed by atoms with Crippen molar-refractivity contribution in [2.75, 3.05) is 5.75 Å². The number of thiophene rings is 1. The maximum Gasteiger partial charge on any atom is 0.276 e. The second-order valence-corrected chi connectivity index (χ2v) is 7.42. The fourth-order valence-corrected chi connectivity index (χ4v) is 3.97. The standard InChI is InChI=1S/C14H18N2O2S2/c1-10-4-6-14(17,7-5-10)9-20-13-16-15-12(18-13)11-3-2-8-19-11/h2-3,8,10,17H,4-7,9H2,1H3. The molecule has 1 aliphatic carbocycles. The minimum absolute atomic E-state index is 0.542. The number of hydrogen-bond donors (Lipinski definition) is 1. The molecule has 1 fully saturated rings. The molecule has 0 aliphatic heterocycles. The summed E-state index contributed by atoms with van der Waals surface area (Å²) in [5, 5.41) is 21.2. The molecular weight excluding hydrogens is 292 g/mol. The second kappa shape index (κ2) is 5.87. The zero-order chi connectivity index (χ0) is 14.0. The van der Waals surface area contributed by atoms with Gasteiger partial charge in [-0.15, -0.1) is 21.5 Å². The van der Waals surface area contributed by atoms with Crippen molar-refractivity contribution in [2.45, 2.75) is 43.4 Å². The van der Waals surface area contributed by atoms with Crippen LogP contribution in [0.1, 0.15) is 32.6 Å². The predicted octanol–water partition coefficient (Wildman–Crippen LogP) is 3.83. The quantitative estimate of drug-likeness (QED) is 0.870. The lowest BCUT2D eigenvalue weighted by Gasteiger charge is -2.34. The first-order chi connectivity index (χ1) is 9.65. The van der Waals surface area contributed by atoms with Crippen molar-refractivity contribution in [3.05, 3.63) is 17.5 Å². The highest BCUT2D eigenvalue weighted by Gasteiger charge is 2.32. The van der Waals surface area contributed by atoms with E-state index in [0.717, 1.165) is 36.5 Å². The number of rotatable bonds is 4. The molecule has 1 N–H and O–H groups in total. The minimum Gasteiger partial charge on any atom is -0.410 e. The summed E-state index contributed by atoms with van der Waals surface area (Å²) < 4.78 is 5.63. The van der Waals surface area contributed by atoms with Crippen LogP contribution in [-0.2, 0) is 0 Å². The highest BCUT2D eigenvalue weighted by molar-refractivity contribution is 7.99. The van der Waals surface area contributed by atoms with E-state index in [-0.39, 0.29) is 0 Å². The molecule has 0 radical (unpaired) electrons. The van der Waals surface area contributed by atoms with E-state index in [1.165, 1.54) is 11.8 Å². The van der Waals surface area contributed by atoms with Gasteiger partial charge in [-0.25, -0.2) is 0 Å². The summed E-state index contributed by atoms with van der Waals surface area (Å²) in [5.74, 6) is 1.92. The van der Waals surface area contributed by atoms with Gasteiger partial charge in [0.05, 0.1) is 10.5 Å². The van der Waals surface area contributed by atoms with Crippen LogP contribution in [0.4, 0.5) is 0 Å². The Kier molecular flexibility index (Phi) is 4.14. The molecule has 0 spiro atoms. The van der Waals surface area contributed by atoms with Gasteiger partial charge < -0.3 is 9.52 Å². The molecule has 0 atom stereocenters. The van der Waals surface area contributed by atoms with Crippen molar-refractivity contribution in [3.8, 4) is 10.8 Å². The lowest BCUT2D eigenvalue weighted by atomic mass is 9.81. The number of thioether (sulfide) groups is 1. The molecule has 0 unspecified atom stereocenters. The normalized spacial score (nSPS) is 26.8. The molecule has 2 aromatic heterocycles. The SMILES string of the molecule is CC1CCC(O)(CSc2nnc(-c3cccs3)o2)CC1. The third-order valence-electron chi connectivity index (χ3n) is 3.81. The maximum atomic E-state index is 10.5. The van der Waals surface area contributed by atoms with Crippen LogP contribution in [0.25, 0.3) is 10.8 Å². The molecule has 0 bridgehead atoms. The van der Waals surface area contributed by atoms with Crippen molar-refractivity contribution < 1.29 is 9.52 Å². The number of hydrogen-bond acceptors (Lipinski definition) is 6. The average Bonchev–Trinajstić information content (AvgIpc) is 3.10. The van der Waals surface area contributed by atoms with Crippen LogP contribution in [-0.4, -0.2) is 26.7 Å². The fraction of sp³-hybridized carbons (Fsp3) is 0.571. The zero-order valence-corrected chi connectivity index (χ0v) is 13.0. The minimum atomic E-state index is -0.575. The highest BCUT2D eigenvalue weighted by atomic mass is 32.2. The molecule has 108 valence electrons. The smallest absolute Gasteiger partial charge is 0.276 e.